The van der Waals surface area contributed by atoms with Crippen molar-refractivity contribution in [2.75, 3.05) is 18.0 Å². The zero-order valence-electron chi connectivity index (χ0n) is 13.7. The third-order valence-electron chi connectivity index (χ3n) is 4.92. The molecule has 0 spiro atoms. The lowest BCUT2D eigenvalue weighted by Gasteiger charge is -2.15. The van der Waals surface area contributed by atoms with E-state index in [0.717, 1.165) is 24.8 Å². The Labute approximate surface area is 133 Å². The normalized spacial score (nSPS) is 25.0. The minimum absolute atomic E-state index is 0.538. The molecule has 1 aromatic rings. The Hall–Kier alpha value is -0.610. The van der Waals surface area contributed by atoms with Crippen molar-refractivity contribution in [3.8, 4) is 0 Å². The molecular weight excluding hydrogens is 278 g/mol. The van der Waals surface area contributed by atoms with Gasteiger partial charge in [-0.3, -0.25) is 0 Å². The van der Waals surface area contributed by atoms with Crippen molar-refractivity contribution < 1.29 is 0 Å². The number of nitrogens with zero attached hydrogens (tertiary/aromatic N) is 2. The zero-order valence-corrected chi connectivity index (χ0v) is 14.5. The zero-order chi connectivity index (χ0) is 14.8. The summed E-state index contributed by atoms with van der Waals surface area (Å²) in [5.74, 6) is 1.89. The third-order valence-corrected chi connectivity index (χ3v) is 6.08. The largest absolute Gasteiger partial charge is 0.348 e. The molecule has 0 radical (unpaired) electrons. The second kappa shape index (κ2) is 6.66. The summed E-state index contributed by atoms with van der Waals surface area (Å²) in [6.07, 6.45) is 6.63. The lowest BCUT2D eigenvalue weighted by atomic mass is 10.0. The van der Waals surface area contributed by atoms with Gasteiger partial charge in [0.15, 0.2) is 5.13 Å². The highest BCUT2D eigenvalue weighted by Crippen LogP contribution is 2.41. The van der Waals surface area contributed by atoms with Crippen LogP contribution in [0.25, 0.3) is 0 Å². The van der Waals surface area contributed by atoms with Crippen LogP contribution >= 0.6 is 11.3 Å². The van der Waals surface area contributed by atoms with E-state index in [9.17, 15) is 0 Å². The van der Waals surface area contributed by atoms with Gasteiger partial charge in [-0.1, -0.05) is 33.6 Å². The predicted molar refractivity (Wildman–Crippen MR) is 91.1 cm³/mol. The van der Waals surface area contributed by atoms with Crippen molar-refractivity contribution in [2.45, 2.75) is 65.5 Å². The molecule has 3 rings (SSSR count). The second-order valence-electron chi connectivity index (χ2n) is 7.01. The fourth-order valence-electron chi connectivity index (χ4n) is 3.76. The van der Waals surface area contributed by atoms with Crippen LogP contribution in [0.3, 0.4) is 0 Å². The number of hydrogen-bond donors (Lipinski definition) is 1. The number of aryl methyl sites for hydroxylation is 1. The maximum Gasteiger partial charge on any atom is 0.185 e. The number of thiazole rings is 1. The smallest absolute Gasteiger partial charge is 0.185 e. The predicted octanol–water partition coefficient (Wildman–Crippen LogP) is 3.83. The average molecular weight is 308 g/mol. The highest BCUT2D eigenvalue weighted by Gasteiger charge is 2.37. The molecule has 118 valence electrons. The van der Waals surface area contributed by atoms with E-state index in [-0.39, 0.29) is 0 Å². The van der Waals surface area contributed by atoms with Crippen LogP contribution in [0.15, 0.2) is 0 Å². The summed E-state index contributed by atoms with van der Waals surface area (Å²) in [5, 5.41) is 4.84. The standard InChI is InChI=1S/C17H29N3S/c1-4-6-15-16(9-18-12(2)3)21-17(19-15)20-10-13-7-5-8-14(13)11-20/h12-14,18H,4-11H2,1-3H3. The van der Waals surface area contributed by atoms with Crippen molar-refractivity contribution >= 4 is 16.5 Å². The van der Waals surface area contributed by atoms with Crippen molar-refractivity contribution in [1.29, 1.82) is 0 Å². The van der Waals surface area contributed by atoms with Gasteiger partial charge < -0.3 is 10.2 Å². The lowest BCUT2D eigenvalue weighted by molar-refractivity contribution is 0.494. The van der Waals surface area contributed by atoms with Crippen LogP contribution in [0.4, 0.5) is 5.13 Å². The fraction of sp³-hybridized carbons (Fsp3) is 0.824. The van der Waals surface area contributed by atoms with Gasteiger partial charge in [-0.15, -0.1) is 11.3 Å². The first-order valence-electron chi connectivity index (χ1n) is 8.64. The first kappa shape index (κ1) is 15.3. The molecule has 1 saturated carbocycles. The van der Waals surface area contributed by atoms with E-state index >= 15 is 0 Å². The van der Waals surface area contributed by atoms with Crippen molar-refractivity contribution in [2.24, 2.45) is 11.8 Å². The summed E-state index contributed by atoms with van der Waals surface area (Å²) in [4.78, 5) is 9.01. The van der Waals surface area contributed by atoms with Gasteiger partial charge in [-0.05, 0) is 31.1 Å². The Kier molecular flexibility index (Phi) is 4.85. The first-order chi connectivity index (χ1) is 10.2. The summed E-state index contributed by atoms with van der Waals surface area (Å²) < 4.78 is 0. The van der Waals surface area contributed by atoms with Crippen LogP contribution in [0, 0.1) is 11.8 Å². The molecule has 2 fully saturated rings. The van der Waals surface area contributed by atoms with Gasteiger partial charge in [0.2, 0.25) is 0 Å². The maximum absolute atomic E-state index is 4.99. The van der Waals surface area contributed by atoms with Gasteiger partial charge in [0.05, 0.1) is 5.69 Å². The van der Waals surface area contributed by atoms with E-state index in [1.54, 1.807) is 0 Å². The Morgan fingerprint density at radius 3 is 2.62 bits per heavy atom. The molecule has 2 atom stereocenters. The summed E-state index contributed by atoms with van der Waals surface area (Å²) in [6, 6.07) is 0.538. The highest BCUT2D eigenvalue weighted by atomic mass is 32.1. The van der Waals surface area contributed by atoms with Crippen LogP contribution in [0.5, 0.6) is 0 Å². The maximum atomic E-state index is 4.99. The van der Waals surface area contributed by atoms with Gasteiger partial charge >= 0.3 is 0 Å². The van der Waals surface area contributed by atoms with Crippen molar-refractivity contribution in [3.63, 3.8) is 0 Å². The van der Waals surface area contributed by atoms with Crippen LogP contribution in [0.2, 0.25) is 0 Å². The fourth-order valence-corrected chi connectivity index (χ4v) is 4.84. The molecule has 4 heteroatoms. The summed E-state index contributed by atoms with van der Waals surface area (Å²) in [6.45, 7) is 10.2. The average Bonchev–Trinajstić information content (AvgIpc) is 3.09. The molecule has 0 aromatic carbocycles. The Balaban J connectivity index is 1.71. The van der Waals surface area contributed by atoms with Gasteiger partial charge in [0.25, 0.3) is 0 Å². The summed E-state index contributed by atoms with van der Waals surface area (Å²) >= 11 is 1.93. The topological polar surface area (TPSA) is 28.2 Å². The second-order valence-corrected chi connectivity index (χ2v) is 8.07. The van der Waals surface area contributed by atoms with Gasteiger partial charge in [0.1, 0.15) is 0 Å². The molecule has 0 amide bonds. The van der Waals surface area contributed by atoms with Crippen LogP contribution < -0.4 is 10.2 Å². The molecule has 2 heterocycles. The summed E-state index contributed by atoms with van der Waals surface area (Å²) in [7, 11) is 0. The van der Waals surface area contributed by atoms with Gasteiger partial charge in [-0.25, -0.2) is 4.98 Å². The third kappa shape index (κ3) is 3.42. The van der Waals surface area contributed by atoms with Crippen molar-refractivity contribution in [3.05, 3.63) is 10.6 Å². The molecule has 1 aliphatic carbocycles. The Morgan fingerprint density at radius 2 is 2.00 bits per heavy atom. The van der Waals surface area contributed by atoms with Crippen molar-refractivity contribution in [1.82, 2.24) is 10.3 Å². The number of fused-ring (bicyclic) bond motifs is 1. The quantitative estimate of drug-likeness (QED) is 0.866. The Bertz CT molecular complexity index is 457. The number of nitrogens with one attached hydrogen (secondary N) is 1. The first-order valence-corrected chi connectivity index (χ1v) is 9.46. The summed E-state index contributed by atoms with van der Waals surface area (Å²) in [5.41, 5.74) is 1.34. The molecule has 3 nitrogen and oxygen atoms in total. The molecule has 1 N–H and O–H groups in total. The minimum atomic E-state index is 0.538. The molecule has 2 unspecified atom stereocenters. The lowest BCUT2D eigenvalue weighted by Crippen LogP contribution is -2.21. The van der Waals surface area contributed by atoms with E-state index < -0.39 is 0 Å². The molecule has 21 heavy (non-hydrogen) atoms. The van der Waals surface area contributed by atoms with E-state index in [2.05, 4.69) is 31.0 Å². The van der Waals surface area contributed by atoms with E-state index in [1.165, 1.54) is 54.5 Å². The molecule has 2 aliphatic rings. The number of aromatic nitrogens is 1. The monoisotopic (exact) mass is 307 g/mol. The number of hydrogen-bond acceptors (Lipinski definition) is 4. The molecule has 1 saturated heterocycles. The number of rotatable bonds is 6. The Morgan fingerprint density at radius 1 is 1.29 bits per heavy atom. The number of anilines is 1. The van der Waals surface area contributed by atoms with Gasteiger partial charge in [0, 0.05) is 30.6 Å². The van der Waals surface area contributed by atoms with E-state index in [1.807, 2.05) is 11.3 Å². The van der Waals surface area contributed by atoms with Gasteiger partial charge in [-0.2, -0.15) is 0 Å². The van der Waals surface area contributed by atoms with Crippen LogP contribution in [0.1, 0.15) is 57.0 Å². The van der Waals surface area contributed by atoms with E-state index in [0.29, 0.717) is 6.04 Å². The minimum Gasteiger partial charge on any atom is -0.348 e. The van der Waals surface area contributed by atoms with E-state index in [4.69, 9.17) is 4.98 Å². The molecule has 1 aliphatic heterocycles. The van der Waals surface area contributed by atoms with Crippen LogP contribution in [-0.2, 0) is 13.0 Å². The molecule has 1 aromatic heterocycles. The van der Waals surface area contributed by atoms with Crippen LogP contribution in [-0.4, -0.2) is 24.1 Å². The molecule has 0 bridgehead atoms. The SMILES string of the molecule is CCCc1nc(N2CC3CCCC3C2)sc1CNC(C)C. The highest BCUT2D eigenvalue weighted by molar-refractivity contribution is 7.15. The molecular formula is C17H29N3S.